The maximum absolute atomic E-state index is 14.7. The number of non-ortho nitro benzene ring substituents is 1. The van der Waals surface area contributed by atoms with Gasteiger partial charge in [0.05, 0.1) is 33.3 Å². The summed E-state index contributed by atoms with van der Waals surface area (Å²) >= 11 is 0. The average Bonchev–Trinajstić information content (AvgIpc) is 3.45. The molecule has 2 aliphatic carbocycles. The fourth-order valence-corrected chi connectivity index (χ4v) is 7.64. The van der Waals surface area contributed by atoms with Gasteiger partial charge in [-0.15, -0.1) is 0 Å². The SMILES string of the molecule is CC[C@]12C(=O)[C@](CC)(C(c3ccccc3)=C1c1ccccc1)[C@@H]1C(=O)N(c3cc([N+](=O)[O-])ccc3C)C(=O)[C@H]12. The van der Waals surface area contributed by atoms with Crippen molar-refractivity contribution in [3.8, 4) is 0 Å². The number of imide groups is 1. The number of nitro benzene ring substituents is 1. The van der Waals surface area contributed by atoms with Gasteiger partial charge in [0.15, 0.2) is 5.78 Å². The number of aryl methyl sites for hydroxylation is 1. The maximum Gasteiger partial charge on any atom is 0.271 e. The molecule has 1 aliphatic heterocycles. The highest BCUT2D eigenvalue weighted by molar-refractivity contribution is 6.34. The first-order valence-electron chi connectivity index (χ1n) is 13.3. The van der Waals surface area contributed by atoms with Crippen LogP contribution in [-0.2, 0) is 14.4 Å². The van der Waals surface area contributed by atoms with Crippen molar-refractivity contribution in [3.05, 3.63) is 106 Å². The van der Waals surface area contributed by atoms with Crippen LogP contribution in [0.25, 0.3) is 11.1 Å². The fraction of sp³-hybridized carbons (Fsp3) is 0.281. The van der Waals surface area contributed by atoms with E-state index in [0.29, 0.717) is 18.4 Å². The van der Waals surface area contributed by atoms with Gasteiger partial charge in [0.25, 0.3) is 5.69 Å². The standard InChI is InChI=1S/C32H28N2O5/c1-4-31-24(20-12-8-6-9-13-20)25(21-14-10-7-11-15-21)32(5-2,30(31)37)27-26(31)28(35)33(29(27)36)23-18-22(34(38)39)17-16-19(23)3/h6-18,26-27H,4-5H2,1-3H3/t26-,27-,31-,32+/m0/s1. The van der Waals surface area contributed by atoms with Gasteiger partial charge in [-0.05, 0) is 47.6 Å². The monoisotopic (exact) mass is 520 g/mol. The van der Waals surface area contributed by atoms with Crippen LogP contribution in [0, 0.1) is 39.7 Å². The van der Waals surface area contributed by atoms with Crippen molar-refractivity contribution in [2.45, 2.75) is 33.6 Å². The highest BCUT2D eigenvalue weighted by Gasteiger charge is 2.80. The molecule has 1 saturated carbocycles. The van der Waals surface area contributed by atoms with Crippen LogP contribution in [0.5, 0.6) is 0 Å². The Morgan fingerprint density at radius 2 is 1.23 bits per heavy atom. The minimum atomic E-state index is -1.19. The first-order chi connectivity index (χ1) is 18.8. The Balaban J connectivity index is 1.66. The summed E-state index contributed by atoms with van der Waals surface area (Å²) in [6, 6.07) is 23.6. The van der Waals surface area contributed by atoms with Gasteiger partial charge in [-0.25, -0.2) is 4.90 Å². The molecule has 0 N–H and O–H groups in total. The number of anilines is 1. The molecule has 0 aromatic heterocycles. The topological polar surface area (TPSA) is 97.6 Å². The molecule has 4 atom stereocenters. The van der Waals surface area contributed by atoms with Crippen molar-refractivity contribution < 1.29 is 19.3 Å². The van der Waals surface area contributed by atoms with E-state index >= 15 is 0 Å². The lowest BCUT2D eigenvalue weighted by molar-refractivity contribution is -0.384. The van der Waals surface area contributed by atoms with E-state index in [1.165, 1.54) is 12.1 Å². The zero-order chi connectivity index (χ0) is 27.7. The molecule has 7 heteroatoms. The van der Waals surface area contributed by atoms with Crippen molar-refractivity contribution in [1.29, 1.82) is 0 Å². The number of allylic oxidation sites excluding steroid dienone is 2. The number of Topliss-reactive ketones (excluding diaryl/α,β-unsaturated/α-hetero) is 1. The van der Waals surface area contributed by atoms with Gasteiger partial charge in [-0.1, -0.05) is 80.6 Å². The molecule has 196 valence electrons. The van der Waals surface area contributed by atoms with Crippen molar-refractivity contribution in [1.82, 2.24) is 0 Å². The summed E-state index contributed by atoms with van der Waals surface area (Å²) in [5, 5.41) is 11.6. The number of hydrogen-bond acceptors (Lipinski definition) is 5. The number of rotatable bonds is 6. The molecule has 3 aliphatic rings. The predicted molar refractivity (Wildman–Crippen MR) is 147 cm³/mol. The zero-order valence-electron chi connectivity index (χ0n) is 22.0. The summed E-state index contributed by atoms with van der Waals surface area (Å²) in [5.74, 6) is -2.75. The summed E-state index contributed by atoms with van der Waals surface area (Å²) in [4.78, 5) is 55.6. The molecule has 7 nitrogen and oxygen atoms in total. The summed E-state index contributed by atoms with van der Waals surface area (Å²) in [6.45, 7) is 5.55. The Bertz CT molecular complexity index is 1510. The normalized spacial score (nSPS) is 27.5. The molecule has 0 spiro atoms. The van der Waals surface area contributed by atoms with Crippen LogP contribution in [0.4, 0.5) is 11.4 Å². The van der Waals surface area contributed by atoms with Crippen molar-refractivity contribution in [2.24, 2.45) is 22.7 Å². The molecule has 3 aromatic carbocycles. The van der Waals surface area contributed by atoms with Gasteiger partial charge in [-0.2, -0.15) is 0 Å². The third-order valence-electron chi connectivity index (χ3n) is 9.21. The van der Waals surface area contributed by atoms with E-state index in [1.54, 1.807) is 13.0 Å². The lowest BCUT2D eigenvalue weighted by Crippen LogP contribution is -2.42. The van der Waals surface area contributed by atoms with Crippen molar-refractivity contribution in [3.63, 3.8) is 0 Å². The van der Waals surface area contributed by atoms with Gasteiger partial charge in [0, 0.05) is 12.1 Å². The number of ketones is 1. The van der Waals surface area contributed by atoms with Crippen LogP contribution in [-0.4, -0.2) is 22.5 Å². The van der Waals surface area contributed by atoms with Gasteiger partial charge in [-0.3, -0.25) is 24.5 Å². The summed E-state index contributed by atoms with van der Waals surface area (Å²) in [6.07, 6.45) is 0.714. The van der Waals surface area contributed by atoms with E-state index in [-0.39, 0.29) is 17.2 Å². The summed E-state index contributed by atoms with van der Waals surface area (Å²) < 4.78 is 0. The van der Waals surface area contributed by atoms with Crippen LogP contribution in [0.3, 0.4) is 0 Å². The zero-order valence-corrected chi connectivity index (χ0v) is 22.0. The van der Waals surface area contributed by atoms with Gasteiger partial charge in [0.1, 0.15) is 0 Å². The molecule has 3 aromatic rings. The van der Waals surface area contributed by atoms with E-state index < -0.39 is 39.4 Å². The van der Waals surface area contributed by atoms with Gasteiger partial charge < -0.3 is 0 Å². The van der Waals surface area contributed by atoms with Crippen LogP contribution >= 0.6 is 0 Å². The van der Waals surface area contributed by atoms with Crippen LogP contribution in [0.15, 0.2) is 78.9 Å². The molecule has 1 heterocycles. The third kappa shape index (κ3) is 2.95. The molecule has 0 radical (unpaired) electrons. The van der Waals surface area contributed by atoms with E-state index in [4.69, 9.17) is 0 Å². The molecular weight excluding hydrogens is 492 g/mol. The molecule has 2 amide bonds. The average molecular weight is 521 g/mol. The van der Waals surface area contributed by atoms with Crippen LogP contribution in [0.2, 0.25) is 0 Å². The molecule has 2 bridgehead atoms. The van der Waals surface area contributed by atoms with E-state index in [0.717, 1.165) is 27.2 Å². The summed E-state index contributed by atoms with van der Waals surface area (Å²) in [5.41, 5.74) is 1.59. The Labute approximate surface area is 226 Å². The molecule has 6 rings (SSSR count). The fourth-order valence-electron chi connectivity index (χ4n) is 7.64. The van der Waals surface area contributed by atoms with Crippen molar-refractivity contribution in [2.75, 3.05) is 4.90 Å². The predicted octanol–water partition coefficient (Wildman–Crippen LogP) is 6.01. The number of nitrogens with zero attached hydrogens (tertiary/aromatic N) is 2. The second-order valence-corrected chi connectivity index (χ2v) is 10.7. The minimum Gasteiger partial charge on any atom is -0.298 e. The number of benzene rings is 3. The lowest BCUT2D eigenvalue weighted by Gasteiger charge is -2.38. The van der Waals surface area contributed by atoms with Crippen molar-refractivity contribution >= 4 is 40.1 Å². The first-order valence-corrected chi connectivity index (χ1v) is 13.3. The second-order valence-electron chi connectivity index (χ2n) is 10.7. The maximum atomic E-state index is 14.7. The highest BCUT2D eigenvalue weighted by atomic mass is 16.6. The second kappa shape index (κ2) is 8.56. The van der Waals surface area contributed by atoms with Gasteiger partial charge in [0.2, 0.25) is 11.8 Å². The third-order valence-corrected chi connectivity index (χ3v) is 9.21. The molecule has 39 heavy (non-hydrogen) atoms. The molecular formula is C32H28N2O5. The number of nitro groups is 1. The number of carbonyl (C=O) groups is 3. The Morgan fingerprint density at radius 3 is 1.64 bits per heavy atom. The first kappa shape index (κ1) is 24.9. The largest absolute Gasteiger partial charge is 0.298 e. The van der Waals surface area contributed by atoms with Gasteiger partial charge >= 0.3 is 0 Å². The van der Waals surface area contributed by atoms with E-state index in [2.05, 4.69) is 0 Å². The molecule has 2 fully saturated rings. The number of hydrogen-bond donors (Lipinski definition) is 0. The lowest BCUT2D eigenvalue weighted by atomic mass is 9.60. The summed E-state index contributed by atoms with van der Waals surface area (Å²) in [7, 11) is 0. The molecule has 1 saturated heterocycles. The Kier molecular flexibility index (Phi) is 5.47. The van der Waals surface area contributed by atoms with Crippen LogP contribution in [0.1, 0.15) is 43.4 Å². The number of carbonyl (C=O) groups excluding carboxylic acids is 3. The van der Waals surface area contributed by atoms with Crippen LogP contribution < -0.4 is 4.90 Å². The number of amides is 2. The number of fused-ring (bicyclic) bond motifs is 5. The van der Waals surface area contributed by atoms with E-state index in [9.17, 15) is 24.5 Å². The van der Waals surface area contributed by atoms with E-state index in [1.807, 2.05) is 74.5 Å². The minimum absolute atomic E-state index is 0.0650. The highest BCUT2D eigenvalue weighted by Crippen LogP contribution is 2.75. The Morgan fingerprint density at radius 1 is 0.769 bits per heavy atom. The smallest absolute Gasteiger partial charge is 0.271 e. The quantitative estimate of drug-likeness (QED) is 0.225. The Hall–Kier alpha value is -4.39. The molecule has 0 unspecified atom stereocenters.